The number of likely N-dealkylation sites (N-methyl/N-ethyl adjacent to an activating group) is 1. The Morgan fingerprint density at radius 1 is 0.958 bits per heavy atom. The van der Waals surface area contributed by atoms with Gasteiger partial charge in [0.15, 0.2) is 0 Å². The number of aromatic amines is 1. The number of piperidine rings is 1. The summed E-state index contributed by atoms with van der Waals surface area (Å²) in [4.78, 5) is 70.6. The van der Waals surface area contributed by atoms with Gasteiger partial charge >= 0.3 is 12.0 Å². The van der Waals surface area contributed by atoms with Crippen LogP contribution in [0.3, 0.4) is 0 Å². The second-order valence-electron chi connectivity index (χ2n) is 11.9. The van der Waals surface area contributed by atoms with Crippen LogP contribution in [0, 0.1) is 0 Å². The Bertz CT molecular complexity index is 1540. The second kappa shape index (κ2) is 17.9. The van der Waals surface area contributed by atoms with Gasteiger partial charge in [0.25, 0.3) is 0 Å². The van der Waals surface area contributed by atoms with E-state index in [1.165, 1.54) is 0 Å². The van der Waals surface area contributed by atoms with Gasteiger partial charge in [0.1, 0.15) is 18.1 Å². The first-order chi connectivity index (χ1) is 23.2. The molecule has 7 N–H and O–H groups in total. The number of hydrogen-bond acceptors (Lipinski definition) is 7. The fourth-order valence-electron chi connectivity index (χ4n) is 6.11. The molecular weight excluding hydrogens is 614 g/mol. The number of hydrogen-bond donors (Lipinski definition) is 6. The molecule has 258 valence electrons. The first kappa shape index (κ1) is 35.9. The van der Waals surface area contributed by atoms with Gasteiger partial charge in [-0.25, -0.2) is 9.59 Å². The van der Waals surface area contributed by atoms with Crippen LogP contribution >= 0.6 is 0 Å². The van der Waals surface area contributed by atoms with E-state index in [4.69, 9.17) is 10.5 Å². The first-order valence-electron chi connectivity index (χ1n) is 16.6. The van der Waals surface area contributed by atoms with Gasteiger partial charge in [-0.3, -0.25) is 14.4 Å². The summed E-state index contributed by atoms with van der Waals surface area (Å²) in [5, 5.41) is 12.2. The predicted molar refractivity (Wildman–Crippen MR) is 182 cm³/mol. The summed E-state index contributed by atoms with van der Waals surface area (Å²) in [6, 6.07) is 13.3. The maximum Gasteiger partial charge on any atom is 0.328 e. The fraction of sp³-hybridized carbons (Fsp3) is 0.457. The van der Waals surface area contributed by atoms with Crippen molar-refractivity contribution in [3.8, 4) is 0 Å². The molecule has 3 aromatic rings. The maximum atomic E-state index is 14.0. The van der Waals surface area contributed by atoms with Crippen molar-refractivity contribution >= 4 is 40.6 Å². The molecular formula is C35H47N7O6. The third kappa shape index (κ3) is 9.80. The predicted octanol–water partition coefficient (Wildman–Crippen LogP) is 1.90. The van der Waals surface area contributed by atoms with Crippen molar-refractivity contribution in [2.24, 2.45) is 5.73 Å². The number of nitrogens with zero attached hydrogens (tertiary/aromatic N) is 1. The van der Waals surface area contributed by atoms with Crippen LogP contribution in [0.1, 0.15) is 50.2 Å². The van der Waals surface area contributed by atoms with Gasteiger partial charge < -0.3 is 41.6 Å². The fourth-order valence-corrected chi connectivity index (χ4v) is 6.11. The zero-order chi connectivity index (χ0) is 34.5. The van der Waals surface area contributed by atoms with Crippen molar-refractivity contribution in [3.05, 3.63) is 71.9 Å². The van der Waals surface area contributed by atoms with Crippen LogP contribution in [0.5, 0.6) is 0 Å². The summed E-state index contributed by atoms with van der Waals surface area (Å²) in [5.74, 6) is -1.80. The van der Waals surface area contributed by atoms with Gasteiger partial charge in [-0.1, -0.05) is 48.5 Å². The Morgan fingerprint density at radius 3 is 2.44 bits per heavy atom. The molecule has 13 heteroatoms. The number of urea groups is 1. The minimum atomic E-state index is -1.07. The first-order valence-corrected chi connectivity index (χ1v) is 16.6. The molecule has 2 heterocycles. The monoisotopic (exact) mass is 661 g/mol. The van der Waals surface area contributed by atoms with Gasteiger partial charge in [-0.2, -0.15) is 0 Å². The molecule has 1 saturated heterocycles. The second-order valence-corrected chi connectivity index (χ2v) is 11.9. The zero-order valence-electron chi connectivity index (χ0n) is 27.6. The molecule has 48 heavy (non-hydrogen) atoms. The van der Waals surface area contributed by atoms with Crippen LogP contribution in [0.25, 0.3) is 10.9 Å². The van der Waals surface area contributed by atoms with Gasteiger partial charge in [-0.05, 0) is 69.7 Å². The summed E-state index contributed by atoms with van der Waals surface area (Å²) >= 11 is 0. The zero-order valence-corrected chi connectivity index (χ0v) is 27.6. The molecule has 0 aliphatic carbocycles. The van der Waals surface area contributed by atoms with Crippen LogP contribution in [0.15, 0.2) is 60.8 Å². The van der Waals surface area contributed by atoms with E-state index in [1.807, 2.05) is 54.6 Å². The summed E-state index contributed by atoms with van der Waals surface area (Å²) in [6.07, 6.45) is 4.91. The average molecular weight is 662 g/mol. The van der Waals surface area contributed by atoms with Crippen LogP contribution in [0.4, 0.5) is 4.79 Å². The third-order valence-electron chi connectivity index (χ3n) is 8.61. The third-order valence-corrected chi connectivity index (χ3v) is 8.61. The molecule has 0 bridgehead atoms. The number of benzene rings is 2. The van der Waals surface area contributed by atoms with Crippen LogP contribution in [0.2, 0.25) is 0 Å². The molecule has 4 atom stereocenters. The Labute approximate surface area is 280 Å². The smallest absolute Gasteiger partial charge is 0.328 e. The molecule has 0 saturated carbocycles. The highest BCUT2D eigenvalue weighted by atomic mass is 16.5. The minimum Gasteiger partial charge on any atom is -0.464 e. The van der Waals surface area contributed by atoms with E-state index in [-0.39, 0.29) is 31.9 Å². The van der Waals surface area contributed by atoms with E-state index in [0.717, 1.165) is 34.9 Å². The van der Waals surface area contributed by atoms with Crippen LogP contribution in [-0.4, -0.2) is 90.5 Å². The minimum absolute atomic E-state index is 0.115. The molecule has 2 aromatic carbocycles. The number of H-pyrrole nitrogens is 1. The van der Waals surface area contributed by atoms with Crippen molar-refractivity contribution in [2.45, 2.75) is 76.0 Å². The number of ether oxygens (including phenoxy) is 1. The number of primary amides is 1. The number of carbonyl (C=O) groups excluding carboxylic acids is 5. The van der Waals surface area contributed by atoms with Crippen LogP contribution < -0.4 is 27.0 Å². The van der Waals surface area contributed by atoms with Crippen molar-refractivity contribution in [2.75, 3.05) is 26.7 Å². The van der Waals surface area contributed by atoms with E-state index in [9.17, 15) is 24.0 Å². The summed E-state index contributed by atoms with van der Waals surface area (Å²) in [7, 11) is 1.73. The molecule has 0 spiro atoms. The SMILES string of the molecule is CCOC(=O)[C@H](CCCNC(N)=O)NC(=O)[C@H](Cc1c[nH]c2ccccc12)NC(=O)[C@@H]1CCCCN1C(=O)[C@H](Cc1ccccc1)NC. The number of amides is 5. The number of rotatable bonds is 16. The molecule has 0 unspecified atom stereocenters. The molecule has 4 rings (SSSR count). The largest absolute Gasteiger partial charge is 0.464 e. The number of carbonyl (C=O) groups is 5. The molecule has 1 aliphatic rings. The van der Waals surface area contributed by atoms with Crippen LogP contribution in [-0.2, 0) is 36.8 Å². The van der Waals surface area contributed by atoms with Gasteiger partial charge in [0.05, 0.1) is 12.6 Å². The Hall–Kier alpha value is -4.91. The number of fused-ring (bicyclic) bond motifs is 1. The average Bonchev–Trinajstić information content (AvgIpc) is 3.50. The summed E-state index contributed by atoms with van der Waals surface area (Å²) < 4.78 is 5.21. The highest BCUT2D eigenvalue weighted by Gasteiger charge is 2.37. The standard InChI is InChI=1S/C35H47N7O6/c1-3-48-34(46)27(16-11-18-38-35(36)47)40-31(43)28(21-24-22-39-26-15-8-7-14-25(24)26)41-32(44)30-17-9-10-19-42(30)33(45)29(37-2)20-23-12-5-4-6-13-23/h4-8,12-15,22,27-30,37,39H,3,9-11,16-21H2,1-2H3,(H,40,43)(H,41,44)(H3,36,38,47)/t27-,28-,29-,30-/m0/s1. The Balaban J connectivity index is 1.55. The van der Waals surface area contributed by atoms with Gasteiger partial charge in [0, 0.05) is 36.6 Å². The van der Waals surface area contributed by atoms with E-state index < -0.39 is 48.0 Å². The maximum absolute atomic E-state index is 14.0. The highest BCUT2D eigenvalue weighted by molar-refractivity contribution is 5.95. The molecule has 13 nitrogen and oxygen atoms in total. The molecule has 1 fully saturated rings. The number of nitrogens with two attached hydrogens (primary N) is 1. The Morgan fingerprint density at radius 2 is 1.71 bits per heavy atom. The number of nitrogens with one attached hydrogen (secondary N) is 5. The van der Waals surface area contributed by atoms with Crippen molar-refractivity contribution in [1.29, 1.82) is 0 Å². The van der Waals surface area contributed by atoms with Crippen molar-refractivity contribution in [1.82, 2.24) is 31.2 Å². The number of likely N-dealkylation sites (tertiary alicyclic amines) is 1. The van der Waals surface area contributed by atoms with Gasteiger partial charge in [0.2, 0.25) is 17.7 Å². The van der Waals surface area contributed by atoms with Gasteiger partial charge in [-0.15, -0.1) is 0 Å². The molecule has 1 aliphatic heterocycles. The molecule has 0 radical (unpaired) electrons. The number of para-hydroxylation sites is 1. The van der Waals surface area contributed by atoms with E-state index in [1.54, 1.807) is 25.1 Å². The van der Waals surface area contributed by atoms with E-state index in [0.29, 0.717) is 25.8 Å². The Kier molecular flexibility index (Phi) is 13.4. The quantitative estimate of drug-likeness (QED) is 0.0999. The topological polar surface area (TPSA) is 188 Å². The lowest BCUT2D eigenvalue weighted by molar-refractivity contribution is -0.148. The normalized spacial score (nSPS) is 16.4. The van der Waals surface area contributed by atoms with Crippen molar-refractivity contribution < 1.29 is 28.7 Å². The number of aromatic nitrogens is 1. The highest BCUT2D eigenvalue weighted by Crippen LogP contribution is 2.22. The number of esters is 1. The lowest BCUT2D eigenvalue weighted by Crippen LogP contribution is -2.60. The van der Waals surface area contributed by atoms with E-state index >= 15 is 0 Å². The molecule has 5 amide bonds. The lowest BCUT2D eigenvalue weighted by atomic mass is 9.97. The summed E-state index contributed by atoms with van der Waals surface area (Å²) in [6.45, 7) is 2.42. The summed E-state index contributed by atoms with van der Waals surface area (Å²) in [5.41, 5.74) is 7.84. The van der Waals surface area contributed by atoms with E-state index in [2.05, 4.69) is 26.3 Å². The lowest BCUT2D eigenvalue weighted by Gasteiger charge is -2.37. The van der Waals surface area contributed by atoms with Crippen molar-refractivity contribution in [3.63, 3.8) is 0 Å². The molecule has 1 aromatic heterocycles.